The highest BCUT2D eigenvalue weighted by Gasteiger charge is 2.12. The van der Waals surface area contributed by atoms with Gasteiger partial charge in [-0.3, -0.25) is 0 Å². The number of aryl methyl sites for hydroxylation is 1. The molecular formula is C16H17NO3. The van der Waals surface area contributed by atoms with Gasteiger partial charge >= 0.3 is 5.97 Å². The fourth-order valence-corrected chi connectivity index (χ4v) is 1.98. The molecule has 104 valence electrons. The van der Waals surface area contributed by atoms with Crippen LogP contribution in [0.4, 0.5) is 0 Å². The minimum Gasteiger partial charge on any atom is -0.494 e. The molecule has 0 atom stereocenters. The zero-order chi connectivity index (χ0) is 14.5. The van der Waals surface area contributed by atoms with E-state index < -0.39 is 5.97 Å². The van der Waals surface area contributed by atoms with Crippen LogP contribution in [0.5, 0.6) is 5.75 Å². The molecule has 4 nitrogen and oxygen atoms in total. The lowest BCUT2D eigenvalue weighted by atomic mass is 10.0. The Hall–Kier alpha value is -2.36. The molecule has 2 rings (SSSR count). The lowest BCUT2D eigenvalue weighted by molar-refractivity contribution is 0.0593. The van der Waals surface area contributed by atoms with Gasteiger partial charge in [-0.25, -0.2) is 9.78 Å². The summed E-state index contributed by atoms with van der Waals surface area (Å²) in [6, 6.07) is 9.71. The number of nitrogens with zero attached hydrogens (tertiary/aromatic N) is 1. The Bertz CT molecular complexity index is 623. The number of hydrogen-bond donors (Lipinski definition) is 0. The Kier molecular flexibility index (Phi) is 4.35. The minimum absolute atomic E-state index is 0.345. The monoisotopic (exact) mass is 271 g/mol. The van der Waals surface area contributed by atoms with Gasteiger partial charge in [0.05, 0.1) is 13.7 Å². The standard InChI is InChI=1S/C16H17NO3/c1-4-20-14-7-5-6-12(9-14)13-8-11(2)15(17-10-13)16(18)19-3/h5-10H,4H2,1-3H3. The maximum Gasteiger partial charge on any atom is 0.356 e. The third kappa shape index (κ3) is 2.96. The summed E-state index contributed by atoms with van der Waals surface area (Å²) in [5.74, 6) is 0.400. The molecule has 0 aliphatic heterocycles. The van der Waals surface area contributed by atoms with Crippen LogP contribution in [-0.4, -0.2) is 24.7 Å². The molecule has 0 amide bonds. The maximum atomic E-state index is 11.5. The van der Waals surface area contributed by atoms with Crippen LogP contribution in [0.2, 0.25) is 0 Å². The lowest BCUT2D eigenvalue weighted by Crippen LogP contribution is -2.06. The van der Waals surface area contributed by atoms with Crippen LogP contribution in [0.25, 0.3) is 11.1 Å². The molecule has 0 saturated heterocycles. The fourth-order valence-electron chi connectivity index (χ4n) is 1.98. The predicted molar refractivity (Wildman–Crippen MR) is 76.9 cm³/mol. The van der Waals surface area contributed by atoms with Crippen molar-refractivity contribution in [3.8, 4) is 16.9 Å². The zero-order valence-electron chi connectivity index (χ0n) is 11.8. The number of methoxy groups -OCH3 is 1. The molecule has 0 saturated carbocycles. The van der Waals surface area contributed by atoms with Gasteiger partial charge in [0.25, 0.3) is 0 Å². The summed E-state index contributed by atoms with van der Waals surface area (Å²) in [5.41, 5.74) is 3.08. The third-order valence-electron chi connectivity index (χ3n) is 2.94. The molecule has 0 spiro atoms. The normalized spacial score (nSPS) is 10.2. The number of rotatable bonds is 4. The van der Waals surface area contributed by atoms with Crippen molar-refractivity contribution in [2.75, 3.05) is 13.7 Å². The summed E-state index contributed by atoms with van der Waals surface area (Å²) in [7, 11) is 1.35. The molecule has 0 fully saturated rings. The second kappa shape index (κ2) is 6.19. The van der Waals surface area contributed by atoms with E-state index in [9.17, 15) is 4.79 Å². The molecule has 0 aliphatic carbocycles. The van der Waals surface area contributed by atoms with Crippen molar-refractivity contribution in [3.05, 3.63) is 47.8 Å². The van der Waals surface area contributed by atoms with Gasteiger partial charge in [0.15, 0.2) is 5.69 Å². The molecule has 1 heterocycles. The number of pyridine rings is 1. The Labute approximate surface area is 118 Å². The van der Waals surface area contributed by atoms with E-state index in [0.717, 1.165) is 22.4 Å². The van der Waals surface area contributed by atoms with Crippen LogP contribution in [-0.2, 0) is 4.74 Å². The Morgan fingerprint density at radius 2 is 2.05 bits per heavy atom. The average Bonchev–Trinajstić information content (AvgIpc) is 2.47. The molecular weight excluding hydrogens is 254 g/mol. The van der Waals surface area contributed by atoms with Gasteiger partial charge in [0.2, 0.25) is 0 Å². The SMILES string of the molecule is CCOc1cccc(-c2cnc(C(=O)OC)c(C)c2)c1. The van der Waals surface area contributed by atoms with Gasteiger partial charge in [-0.1, -0.05) is 12.1 Å². The van der Waals surface area contributed by atoms with Crippen LogP contribution in [0, 0.1) is 6.92 Å². The van der Waals surface area contributed by atoms with Crippen LogP contribution >= 0.6 is 0 Å². The summed E-state index contributed by atoms with van der Waals surface area (Å²) in [6.45, 7) is 4.42. The number of hydrogen-bond acceptors (Lipinski definition) is 4. The Morgan fingerprint density at radius 3 is 2.70 bits per heavy atom. The van der Waals surface area contributed by atoms with Gasteiger partial charge in [-0.05, 0) is 43.2 Å². The van der Waals surface area contributed by atoms with Crippen molar-refractivity contribution in [1.29, 1.82) is 0 Å². The van der Waals surface area contributed by atoms with Crippen molar-refractivity contribution in [3.63, 3.8) is 0 Å². The molecule has 1 aromatic heterocycles. The average molecular weight is 271 g/mol. The highest BCUT2D eigenvalue weighted by molar-refractivity contribution is 5.89. The van der Waals surface area contributed by atoms with E-state index in [2.05, 4.69) is 4.98 Å². The minimum atomic E-state index is -0.419. The van der Waals surface area contributed by atoms with Gasteiger partial charge in [0.1, 0.15) is 5.75 Å². The first-order chi connectivity index (χ1) is 9.65. The predicted octanol–water partition coefficient (Wildman–Crippen LogP) is 3.24. The Balaban J connectivity index is 2.36. The highest BCUT2D eigenvalue weighted by Crippen LogP contribution is 2.25. The van der Waals surface area contributed by atoms with E-state index in [4.69, 9.17) is 9.47 Å². The van der Waals surface area contributed by atoms with E-state index in [-0.39, 0.29) is 0 Å². The van der Waals surface area contributed by atoms with E-state index in [1.54, 1.807) is 6.20 Å². The van der Waals surface area contributed by atoms with Crippen molar-refractivity contribution in [1.82, 2.24) is 4.98 Å². The molecule has 0 bridgehead atoms. The lowest BCUT2D eigenvalue weighted by Gasteiger charge is -2.08. The van der Waals surface area contributed by atoms with Gasteiger partial charge in [0, 0.05) is 11.8 Å². The molecule has 20 heavy (non-hydrogen) atoms. The summed E-state index contributed by atoms with van der Waals surface area (Å²) < 4.78 is 10.2. The van der Waals surface area contributed by atoms with Crippen molar-refractivity contribution < 1.29 is 14.3 Å². The molecule has 0 N–H and O–H groups in total. The summed E-state index contributed by atoms with van der Waals surface area (Å²) in [6.07, 6.45) is 1.67. The van der Waals surface area contributed by atoms with E-state index in [1.807, 2.05) is 44.2 Å². The Morgan fingerprint density at radius 1 is 1.25 bits per heavy atom. The summed E-state index contributed by atoms with van der Waals surface area (Å²) in [4.78, 5) is 15.7. The smallest absolute Gasteiger partial charge is 0.356 e. The van der Waals surface area contributed by atoms with E-state index >= 15 is 0 Å². The molecule has 0 unspecified atom stereocenters. The first-order valence-electron chi connectivity index (χ1n) is 6.44. The fraction of sp³-hybridized carbons (Fsp3) is 0.250. The summed E-state index contributed by atoms with van der Waals surface area (Å²) >= 11 is 0. The molecule has 2 aromatic rings. The number of aromatic nitrogens is 1. The molecule has 4 heteroatoms. The number of ether oxygens (including phenoxy) is 2. The van der Waals surface area contributed by atoms with Gasteiger partial charge < -0.3 is 9.47 Å². The maximum absolute atomic E-state index is 11.5. The van der Waals surface area contributed by atoms with Gasteiger partial charge in [-0.2, -0.15) is 0 Å². The van der Waals surface area contributed by atoms with Crippen LogP contribution in [0.1, 0.15) is 23.0 Å². The van der Waals surface area contributed by atoms with E-state index in [0.29, 0.717) is 12.3 Å². The molecule has 0 radical (unpaired) electrons. The van der Waals surface area contributed by atoms with Crippen LogP contribution < -0.4 is 4.74 Å². The van der Waals surface area contributed by atoms with Gasteiger partial charge in [-0.15, -0.1) is 0 Å². The largest absolute Gasteiger partial charge is 0.494 e. The first kappa shape index (κ1) is 14.1. The van der Waals surface area contributed by atoms with Crippen molar-refractivity contribution in [2.45, 2.75) is 13.8 Å². The second-order valence-electron chi connectivity index (χ2n) is 4.34. The molecule has 0 aliphatic rings. The van der Waals surface area contributed by atoms with Crippen molar-refractivity contribution in [2.24, 2.45) is 0 Å². The summed E-state index contributed by atoms with van der Waals surface area (Å²) in [5, 5.41) is 0. The number of carbonyl (C=O) groups excluding carboxylic acids is 1. The second-order valence-corrected chi connectivity index (χ2v) is 4.34. The number of benzene rings is 1. The van der Waals surface area contributed by atoms with Crippen LogP contribution in [0.3, 0.4) is 0 Å². The van der Waals surface area contributed by atoms with Crippen LogP contribution in [0.15, 0.2) is 36.5 Å². The third-order valence-corrected chi connectivity index (χ3v) is 2.94. The van der Waals surface area contributed by atoms with E-state index in [1.165, 1.54) is 7.11 Å². The molecule has 1 aromatic carbocycles. The quantitative estimate of drug-likeness (QED) is 0.801. The topological polar surface area (TPSA) is 48.4 Å². The number of esters is 1. The highest BCUT2D eigenvalue weighted by atomic mass is 16.5. The van der Waals surface area contributed by atoms with Crippen molar-refractivity contribution >= 4 is 5.97 Å². The number of carbonyl (C=O) groups is 1. The first-order valence-corrected chi connectivity index (χ1v) is 6.44. The zero-order valence-corrected chi connectivity index (χ0v) is 11.8.